The van der Waals surface area contributed by atoms with Crippen LogP contribution < -0.4 is 10.1 Å². The Labute approximate surface area is 130 Å². The maximum Gasteiger partial charge on any atom is 0.251 e. The molecule has 0 saturated carbocycles. The van der Waals surface area contributed by atoms with Gasteiger partial charge in [-0.05, 0) is 48.7 Å². The molecule has 1 N–H and O–H groups in total. The maximum atomic E-state index is 13.2. The molecule has 0 heterocycles. The zero-order chi connectivity index (χ0) is 16.1. The quantitative estimate of drug-likeness (QED) is 0.905. The van der Waals surface area contributed by atoms with Gasteiger partial charge in [-0.15, -0.1) is 0 Å². The predicted molar refractivity (Wildman–Crippen MR) is 84.6 cm³/mol. The molecular formula is C18H20FNO2. The molecule has 4 heteroatoms. The number of halogens is 1. The van der Waals surface area contributed by atoms with Crippen molar-refractivity contribution in [2.45, 2.75) is 26.3 Å². The molecular weight excluding hydrogens is 281 g/mol. The van der Waals surface area contributed by atoms with Crippen molar-refractivity contribution in [2.24, 2.45) is 0 Å². The third-order valence-electron chi connectivity index (χ3n) is 3.62. The molecule has 0 spiro atoms. The number of nitrogens with one attached hydrogen (secondary N) is 1. The normalized spacial score (nSPS) is 11.8. The number of methoxy groups -OCH3 is 1. The molecule has 0 aliphatic carbocycles. The summed E-state index contributed by atoms with van der Waals surface area (Å²) in [6.07, 6.45) is 0.743. The van der Waals surface area contributed by atoms with Gasteiger partial charge in [0.2, 0.25) is 0 Å². The third kappa shape index (κ3) is 3.64. The Morgan fingerprint density at radius 1 is 1.27 bits per heavy atom. The minimum Gasteiger partial charge on any atom is -0.496 e. The second-order valence-electron chi connectivity index (χ2n) is 5.17. The molecule has 0 aliphatic rings. The standard InChI is InChI=1S/C18H20FNO2/c1-4-16(13-8-9-17(22-3)12(2)10-13)20-18(21)14-6-5-7-15(19)11-14/h5-11,16H,4H2,1-3H3,(H,20,21)/t16-/m1/s1. The van der Waals surface area contributed by atoms with Crippen molar-refractivity contribution in [1.82, 2.24) is 5.32 Å². The molecule has 0 aromatic heterocycles. The summed E-state index contributed by atoms with van der Waals surface area (Å²) >= 11 is 0. The van der Waals surface area contributed by atoms with Crippen molar-refractivity contribution in [3.63, 3.8) is 0 Å². The molecule has 0 unspecified atom stereocenters. The lowest BCUT2D eigenvalue weighted by Gasteiger charge is -2.19. The molecule has 2 aromatic rings. The summed E-state index contributed by atoms with van der Waals surface area (Å²) in [5.74, 6) is 0.121. The summed E-state index contributed by atoms with van der Waals surface area (Å²) in [6, 6.07) is 11.4. The highest BCUT2D eigenvalue weighted by atomic mass is 19.1. The van der Waals surface area contributed by atoms with Crippen LogP contribution in [0.2, 0.25) is 0 Å². The van der Waals surface area contributed by atoms with Gasteiger partial charge in [0, 0.05) is 5.56 Å². The first-order valence-corrected chi connectivity index (χ1v) is 7.26. The Hall–Kier alpha value is -2.36. The average Bonchev–Trinajstić information content (AvgIpc) is 2.52. The first-order valence-electron chi connectivity index (χ1n) is 7.26. The second-order valence-corrected chi connectivity index (χ2v) is 5.17. The number of hydrogen-bond donors (Lipinski definition) is 1. The average molecular weight is 301 g/mol. The Morgan fingerprint density at radius 2 is 2.05 bits per heavy atom. The smallest absolute Gasteiger partial charge is 0.251 e. The van der Waals surface area contributed by atoms with Gasteiger partial charge in [-0.2, -0.15) is 0 Å². The summed E-state index contributed by atoms with van der Waals surface area (Å²) in [4.78, 5) is 12.2. The number of carbonyl (C=O) groups is 1. The van der Waals surface area contributed by atoms with Gasteiger partial charge in [-0.1, -0.05) is 25.1 Å². The van der Waals surface area contributed by atoms with Crippen molar-refractivity contribution in [3.8, 4) is 5.75 Å². The summed E-state index contributed by atoms with van der Waals surface area (Å²) in [5, 5.41) is 2.94. The lowest BCUT2D eigenvalue weighted by Crippen LogP contribution is -2.28. The van der Waals surface area contributed by atoms with E-state index in [2.05, 4.69) is 5.32 Å². The van der Waals surface area contributed by atoms with E-state index in [1.165, 1.54) is 18.2 Å². The fourth-order valence-corrected chi connectivity index (χ4v) is 2.41. The molecule has 116 valence electrons. The maximum absolute atomic E-state index is 13.2. The van der Waals surface area contributed by atoms with Crippen molar-refractivity contribution < 1.29 is 13.9 Å². The fraction of sp³-hybridized carbons (Fsp3) is 0.278. The van der Waals surface area contributed by atoms with E-state index in [1.807, 2.05) is 32.0 Å². The van der Waals surface area contributed by atoms with Crippen LogP contribution in [0.15, 0.2) is 42.5 Å². The van der Waals surface area contributed by atoms with E-state index in [4.69, 9.17) is 4.74 Å². The van der Waals surface area contributed by atoms with Crippen LogP contribution in [0.4, 0.5) is 4.39 Å². The van der Waals surface area contributed by atoms with Gasteiger partial charge in [0.05, 0.1) is 13.2 Å². The van der Waals surface area contributed by atoms with Crippen molar-refractivity contribution in [3.05, 3.63) is 65.0 Å². The van der Waals surface area contributed by atoms with E-state index in [1.54, 1.807) is 13.2 Å². The van der Waals surface area contributed by atoms with Crippen LogP contribution in [0.5, 0.6) is 5.75 Å². The lowest BCUT2D eigenvalue weighted by atomic mass is 10.0. The van der Waals surface area contributed by atoms with Gasteiger partial charge < -0.3 is 10.1 Å². The molecule has 1 amide bonds. The first-order chi connectivity index (χ1) is 10.5. The number of benzene rings is 2. The minimum atomic E-state index is -0.416. The van der Waals surface area contributed by atoms with Crippen LogP contribution in [-0.2, 0) is 0 Å². The SMILES string of the molecule is CC[C@@H](NC(=O)c1cccc(F)c1)c1ccc(OC)c(C)c1. The van der Waals surface area contributed by atoms with Gasteiger partial charge >= 0.3 is 0 Å². The molecule has 3 nitrogen and oxygen atoms in total. The van der Waals surface area contributed by atoms with E-state index in [0.29, 0.717) is 5.56 Å². The largest absolute Gasteiger partial charge is 0.496 e. The van der Waals surface area contributed by atoms with Gasteiger partial charge in [-0.25, -0.2) is 4.39 Å². The molecule has 0 saturated heterocycles. The number of ether oxygens (including phenoxy) is 1. The number of amides is 1. The summed E-state index contributed by atoms with van der Waals surface area (Å²) in [7, 11) is 1.63. The summed E-state index contributed by atoms with van der Waals surface area (Å²) in [6.45, 7) is 3.96. The van der Waals surface area contributed by atoms with E-state index in [9.17, 15) is 9.18 Å². The van der Waals surface area contributed by atoms with Crippen LogP contribution in [0.1, 0.15) is 40.9 Å². The Kier molecular flexibility index (Phi) is 5.15. The van der Waals surface area contributed by atoms with Crippen LogP contribution in [0.25, 0.3) is 0 Å². The third-order valence-corrected chi connectivity index (χ3v) is 3.62. The molecule has 2 rings (SSSR count). The minimum absolute atomic E-state index is 0.125. The molecule has 0 bridgehead atoms. The zero-order valence-corrected chi connectivity index (χ0v) is 13.0. The van der Waals surface area contributed by atoms with Crippen LogP contribution >= 0.6 is 0 Å². The van der Waals surface area contributed by atoms with Gasteiger partial charge in [-0.3, -0.25) is 4.79 Å². The fourth-order valence-electron chi connectivity index (χ4n) is 2.41. The van der Waals surface area contributed by atoms with Gasteiger partial charge in [0.25, 0.3) is 5.91 Å². The highest BCUT2D eigenvalue weighted by Crippen LogP contribution is 2.24. The predicted octanol–water partition coefficient (Wildman–Crippen LogP) is 4.02. The summed E-state index contributed by atoms with van der Waals surface area (Å²) < 4.78 is 18.5. The molecule has 0 aliphatic heterocycles. The topological polar surface area (TPSA) is 38.3 Å². The summed E-state index contributed by atoms with van der Waals surface area (Å²) in [5.41, 5.74) is 2.34. The molecule has 1 atom stereocenters. The Bertz CT molecular complexity index is 670. The zero-order valence-electron chi connectivity index (χ0n) is 13.0. The van der Waals surface area contributed by atoms with Gasteiger partial charge in [0.15, 0.2) is 0 Å². The Balaban J connectivity index is 2.18. The lowest BCUT2D eigenvalue weighted by molar-refractivity contribution is 0.0935. The molecule has 0 radical (unpaired) electrons. The van der Waals surface area contributed by atoms with Crippen LogP contribution in [0.3, 0.4) is 0 Å². The molecule has 22 heavy (non-hydrogen) atoms. The van der Waals surface area contributed by atoms with Crippen molar-refractivity contribution in [2.75, 3.05) is 7.11 Å². The number of rotatable bonds is 5. The highest BCUT2D eigenvalue weighted by molar-refractivity contribution is 5.94. The Morgan fingerprint density at radius 3 is 2.64 bits per heavy atom. The molecule has 2 aromatic carbocycles. The van der Waals surface area contributed by atoms with E-state index >= 15 is 0 Å². The number of aryl methyl sites for hydroxylation is 1. The van der Waals surface area contributed by atoms with Crippen LogP contribution in [0, 0.1) is 12.7 Å². The first kappa shape index (κ1) is 16.0. The van der Waals surface area contributed by atoms with E-state index in [0.717, 1.165) is 23.3 Å². The second kappa shape index (κ2) is 7.07. The molecule has 0 fully saturated rings. The van der Waals surface area contributed by atoms with Crippen molar-refractivity contribution >= 4 is 5.91 Å². The van der Waals surface area contributed by atoms with Crippen molar-refractivity contribution in [1.29, 1.82) is 0 Å². The highest BCUT2D eigenvalue weighted by Gasteiger charge is 2.15. The van der Waals surface area contributed by atoms with E-state index in [-0.39, 0.29) is 11.9 Å². The monoisotopic (exact) mass is 301 g/mol. The van der Waals surface area contributed by atoms with E-state index < -0.39 is 5.82 Å². The van der Waals surface area contributed by atoms with Gasteiger partial charge in [0.1, 0.15) is 11.6 Å². The van der Waals surface area contributed by atoms with Crippen LogP contribution in [-0.4, -0.2) is 13.0 Å². The number of carbonyl (C=O) groups excluding carboxylic acids is 1. The number of hydrogen-bond acceptors (Lipinski definition) is 2.